The summed E-state index contributed by atoms with van der Waals surface area (Å²) in [7, 11) is 0. The monoisotopic (exact) mass is 302 g/mol. The standard InChI is InChI=1S/C18H26N2O2/c1-11-12(2)20(13(3)21)17-5-4-15(10-16(17)18(11)19)14-6-8-22-9-7-14/h4-5,10-12,14,18H,6-9,19H2,1-3H3/t11?,12-,18+/m0/s1. The number of carbonyl (C=O) groups is 1. The first-order valence-corrected chi connectivity index (χ1v) is 8.27. The van der Waals surface area contributed by atoms with Gasteiger partial charge in [-0.05, 0) is 48.8 Å². The van der Waals surface area contributed by atoms with E-state index < -0.39 is 0 Å². The van der Waals surface area contributed by atoms with Gasteiger partial charge < -0.3 is 15.4 Å². The molecule has 3 atom stereocenters. The van der Waals surface area contributed by atoms with Gasteiger partial charge >= 0.3 is 0 Å². The van der Waals surface area contributed by atoms with Crippen LogP contribution in [0.3, 0.4) is 0 Å². The average Bonchev–Trinajstić information content (AvgIpc) is 2.53. The second-order valence-electron chi connectivity index (χ2n) is 6.72. The second kappa shape index (κ2) is 6.01. The summed E-state index contributed by atoms with van der Waals surface area (Å²) in [6.45, 7) is 7.52. The van der Waals surface area contributed by atoms with Crippen LogP contribution in [0.2, 0.25) is 0 Å². The fourth-order valence-corrected chi connectivity index (χ4v) is 3.84. The van der Waals surface area contributed by atoms with Crippen molar-refractivity contribution in [3.63, 3.8) is 0 Å². The number of benzene rings is 1. The van der Waals surface area contributed by atoms with Crippen LogP contribution in [0, 0.1) is 5.92 Å². The highest BCUT2D eigenvalue weighted by Gasteiger charge is 2.36. The maximum absolute atomic E-state index is 12.1. The molecule has 2 aliphatic rings. The van der Waals surface area contributed by atoms with Gasteiger partial charge in [-0.3, -0.25) is 4.79 Å². The van der Waals surface area contributed by atoms with Gasteiger partial charge in [0.05, 0.1) is 0 Å². The van der Waals surface area contributed by atoms with Crippen molar-refractivity contribution in [1.82, 2.24) is 0 Å². The molecular weight excluding hydrogens is 276 g/mol. The topological polar surface area (TPSA) is 55.6 Å². The van der Waals surface area contributed by atoms with E-state index in [9.17, 15) is 4.79 Å². The Morgan fingerprint density at radius 3 is 2.59 bits per heavy atom. The number of hydrogen-bond acceptors (Lipinski definition) is 3. The van der Waals surface area contributed by atoms with Crippen molar-refractivity contribution < 1.29 is 9.53 Å². The molecule has 2 aliphatic heterocycles. The van der Waals surface area contributed by atoms with Crippen LogP contribution in [0.1, 0.15) is 56.7 Å². The molecule has 4 heteroatoms. The third-order valence-corrected chi connectivity index (χ3v) is 5.44. The van der Waals surface area contributed by atoms with Crippen molar-refractivity contribution in [2.45, 2.75) is 51.6 Å². The predicted molar refractivity (Wildman–Crippen MR) is 88.0 cm³/mol. The SMILES string of the molecule is CC(=O)N1c2ccc(C3CCOCC3)cc2[C@H](N)C(C)[C@@H]1C. The smallest absolute Gasteiger partial charge is 0.224 e. The van der Waals surface area contributed by atoms with Crippen molar-refractivity contribution in [2.75, 3.05) is 18.1 Å². The molecule has 1 saturated heterocycles. The second-order valence-corrected chi connectivity index (χ2v) is 6.72. The highest BCUT2D eigenvalue weighted by Crippen LogP contribution is 2.41. The molecule has 1 fully saturated rings. The number of nitrogens with zero attached hydrogens (tertiary/aromatic N) is 1. The fraction of sp³-hybridized carbons (Fsp3) is 0.611. The van der Waals surface area contributed by atoms with Gasteiger partial charge in [0.15, 0.2) is 0 Å². The van der Waals surface area contributed by atoms with Gasteiger partial charge in [0.25, 0.3) is 0 Å². The van der Waals surface area contributed by atoms with Crippen LogP contribution in [0.15, 0.2) is 18.2 Å². The molecular formula is C18H26N2O2. The normalized spacial score (nSPS) is 29.3. The van der Waals surface area contributed by atoms with Gasteiger partial charge in [0.2, 0.25) is 5.91 Å². The molecule has 0 spiro atoms. The van der Waals surface area contributed by atoms with E-state index in [-0.39, 0.29) is 23.9 Å². The third kappa shape index (κ3) is 2.55. The first kappa shape index (κ1) is 15.5. The highest BCUT2D eigenvalue weighted by molar-refractivity contribution is 5.93. The Morgan fingerprint density at radius 1 is 1.27 bits per heavy atom. The van der Waals surface area contributed by atoms with E-state index in [2.05, 4.69) is 32.0 Å². The molecule has 22 heavy (non-hydrogen) atoms. The summed E-state index contributed by atoms with van der Waals surface area (Å²) < 4.78 is 5.46. The van der Waals surface area contributed by atoms with E-state index in [1.165, 1.54) is 5.56 Å². The molecule has 2 heterocycles. The number of ether oxygens (including phenoxy) is 1. The lowest BCUT2D eigenvalue weighted by Gasteiger charge is -2.42. The molecule has 0 aliphatic carbocycles. The molecule has 2 N–H and O–H groups in total. The number of fused-ring (bicyclic) bond motifs is 1. The van der Waals surface area contributed by atoms with Crippen LogP contribution in [0.25, 0.3) is 0 Å². The minimum Gasteiger partial charge on any atom is -0.381 e. The molecule has 3 rings (SSSR count). The Hall–Kier alpha value is -1.39. The molecule has 0 saturated carbocycles. The van der Waals surface area contributed by atoms with Crippen LogP contribution in [0.5, 0.6) is 0 Å². The minimum absolute atomic E-state index is 0.0135. The van der Waals surface area contributed by atoms with Crippen molar-refractivity contribution in [1.29, 1.82) is 0 Å². The van der Waals surface area contributed by atoms with Crippen LogP contribution in [0.4, 0.5) is 5.69 Å². The summed E-state index contributed by atoms with van der Waals surface area (Å²) in [6, 6.07) is 6.60. The average molecular weight is 302 g/mol. The van der Waals surface area contributed by atoms with Crippen molar-refractivity contribution in [3.8, 4) is 0 Å². The maximum atomic E-state index is 12.1. The van der Waals surface area contributed by atoms with Gasteiger partial charge in [0, 0.05) is 37.9 Å². The van der Waals surface area contributed by atoms with Gasteiger partial charge in [-0.15, -0.1) is 0 Å². The summed E-state index contributed by atoms with van der Waals surface area (Å²) in [5.74, 6) is 0.888. The summed E-state index contributed by atoms with van der Waals surface area (Å²) in [5, 5.41) is 0. The number of amides is 1. The van der Waals surface area contributed by atoms with Gasteiger partial charge in [0.1, 0.15) is 0 Å². The van der Waals surface area contributed by atoms with E-state index in [1.54, 1.807) is 6.92 Å². The number of rotatable bonds is 1. The zero-order valence-electron chi connectivity index (χ0n) is 13.7. The zero-order valence-corrected chi connectivity index (χ0v) is 13.7. The Morgan fingerprint density at radius 2 is 1.95 bits per heavy atom. The third-order valence-electron chi connectivity index (χ3n) is 5.44. The number of anilines is 1. The molecule has 1 unspecified atom stereocenters. The van der Waals surface area contributed by atoms with E-state index in [4.69, 9.17) is 10.5 Å². The molecule has 4 nitrogen and oxygen atoms in total. The fourth-order valence-electron chi connectivity index (χ4n) is 3.84. The zero-order chi connectivity index (χ0) is 15.9. The number of carbonyl (C=O) groups excluding carboxylic acids is 1. The van der Waals surface area contributed by atoms with Crippen LogP contribution in [-0.2, 0) is 9.53 Å². The molecule has 1 amide bonds. The van der Waals surface area contributed by atoms with Gasteiger partial charge in [-0.1, -0.05) is 19.1 Å². The van der Waals surface area contributed by atoms with Crippen molar-refractivity contribution >= 4 is 11.6 Å². The molecule has 0 bridgehead atoms. The molecule has 1 aromatic carbocycles. The van der Waals surface area contributed by atoms with Crippen LogP contribution >= 0.6 is 0 Å². The minimum atomic E-state index is -0.0135. The van der Waals surface area contributed by atoms with E-state index in [1.807, 2.05) is 4.90 Å². The quantitative estimate of drug-likeness (QED) is 0.867. The molecule has 0 aromatic heterocycles. The van der Waals surface area contributed by atoms with Crippen molar-refractivity contribution in [2.24, 2.45) is 11.7 Å². The first-order valence-electron chi connectivity index (χ1n) is 8.27. The summed E-state index contributed by atoms with van der Waals surface area (Å²) in [4.78, 5) is 14.0. The van der Waals surface area contributed by atoms with E-state index in [0.29, 0.717) is 5.92 Å². The number of hydrogen-bond donors (Lipinski definition) is 1. The van der Waals surface area contributed by atoms with Crippen LogP contribution < -0.4 is 10.6 Å². The summed E-state index contributed by atoms with van der Waals surface area (Å²) in [6.07, 6.45) is 2.13. The largest absolute Gasteiger partial charge is 0.381 e. The summed E-state index contributed by atoms with van der Waals surface area (Å²) in [5.41, 5.74) is 9.92. The predicted octanol–water partition coefficient (Wildman–Crippen LogP) is 2.97. The molecule has 0 radical (unpaired) electrons. The lowest BCUT2D eigenvalue weighted by molar-refractivity contribution is -0.117. The highest BCUT2D eigenvalue weighted by atomic mass is 16.5. The number of nitrogens with two attached hydrogens (primary N) is 1. The van der Waals surface area contributed by atoms with E-state index >= 15 is 0 Å². The lowest BCUT2D eigenvalue weighted by Crippen LogP contribution is -2.48. The molecule has 1 aromatic rings. The first-order chi connectivity index (χ1) is 10.5. The van der Waals surface area contributed by atoms with Gasteiger partial charge in [-0.2, -0.15) is 0 Å². The maximum Gasteiger partial charge on any atom is 0.224 e. The Labute approximate surface area is 132 Å². The molecule has 120 valence electrons. The Kier molecular flexibility index (Phi) is 4.24. The summed E-state index contributed by atoms with van der Waals surface area (Å²) >= 11 is 0. The van der Waals surface area contributed by atoms with E-state index in [0.717, 1.165) is 37.3 Å². The van der Waals surface area contributed by atoms with Crippen LogP contribution in [-0.4, -0.2) is 25.2 Å². The Bertz CT molecular complexity index is 566. The van der Waals surface area contributed by atoms with Crippen molar-refractivity contribution in [3.05, 3.63) is 29.3 Å². The Balaban J connectivity index is 2.01. The lowest BCUT2D eigenvalue weighted by atomic mass is 9.81. The van der Waals surface area contributed by atoms with Gasteiger partial charge in [-0.25, -0.2) is 0 Å².